The summed E-state index contributed by atoms with van der Waals surface area (Å²) in [5.41, 5.74) is 0. The second kappa shape index (κ2) is 13.1. The summed E-state index contributed by atoms with van der Waals surface area (Å²) in [6.07, 6.45) is 6.70. The highest BCUT2D eigenvalue weighted by Gasteiger charge is 2.35. The lowest BCUT2D eigenvalue weighted by molar-refractivity contribution is -0.122. The maximum Gasteiger partial charge on any atom is 0.286 e. The molecule has 0 N–H and O–H groups in total. The van der Waals surface area contributed by atoms with E-state index in [9.17, 15) is 9.59 Å². The highest BCUT2D eigenvalue weighted by molar-refractivity contribution is 7.99. The van der Waals surface area contributed by atoms with Crippen LogP contribution in [0, 0.1) is 5.92 Å². The first-order valence-corrected chi connectivity index (χ1v) is 11.9. The number of ether oxygens (including phenoxy) is 1. The molecule has 9 heteroatoms. The van der Waals surface area contributed by atoms with E-state index in [4.69, 9.17) is 9.15 Å². The normalized spacial score (nSPS) is 16.2. The molecule has 1 amide bonds. The quantitative estimate of drug-likeness (QED) is 0.248. The van der Waals surface area contributed by atoms with Gasteiger partial charge in [-0.3, -0.25) is 9.59 Å². The third kappa shape index (κ3) is 7.67. The number of ketones is 1. The summed E-state index contributed by atoms with van der Waals surface area (Å²) in [7, 11) is 3.71. The summed E-state index contributed by atoms with van der Waals surface area (Å²) in [5.74, 6) is 0.787. The van der Waals surface area contributed by atoms with Crippen molar-refractivity contribution in [2.75, 3.05) is 39.6 Å². The summed E-state index contributed by atoms with van der Waals surface area (Å²) >= 11 is 1.43. The predicted molar refractivity (Wildman–Crippen MR) is 117 cm³/mol. The van der Waals surface area contributed by atoms with Crippen molar-refractivity contribution in [1.29, 1.82) is 0 Å². The fraction of sp³-hybridized carbons (Fsp3) is 0.810. The van der Waals surface area contributed by atoms with E-state index in [1.807, 2.05) is 7.05 Å². The number of aromatic nitrogens is 2. The summed E-state index contributed by atoms with van der Waals surface area (Å²) in [6, 6.07) is -0.438. The molecule has 1 atom stereocenters. The molecule has 1 saturated carbocycles. The van der Waals surface area contributed by atoms with Crippen molar-refractivity contribution in [3.8, 4) is 0 Å². The predicted octanol–water partition coefficient (Wildman–Crippen LogP) is 3.13. The van der Waals surface area contributed by atoms with Gasteiger partial charge in [-0.25, -0.2) is 0 Å². The van der Waals surface area contributed by atoms with Crippen molar-refractivity contribution < 1.29 is 18.7 Å². The van der Waals surface area contributed by atoms with Gasteiger partial charge in [0.2, 0.25) is 12.2 Å². The standard InChI is InChI=1S/C21H36N4O4S/c1-16(2)14-18(25(15-26)17-8-6-5-7-9-17)19(27)20-22-23-21(29-20)30-13-11-24(3)10-12-28-4/h15-18H,5-14H2,1-4H3. The number of Topliss-reactive ketones (excluding diaryl/α,β-unsaturated/α-hetero) is 1. The number of carbonyl (C=O) groups excluding carboxylic acids is 2. The number of likely N-dealkylation sites (N-methyl/N-ethyl adjacent to an activating group) is 1. The van der Waals surface area contributed by atoms with E-state index in [0.29, 0.717) is 18.3 Å². The van der Waals surface area contributed by atoms with Gasteiger partial charge in [0.25, 0.3) is 11.1 Å². The number of nitrogens with zero attached hydrogens (tertiary/aromatic N) is 4. The van der Waals surface area contributed by atoms with Crippen molar-refractivity contribution in [1.82, 2.24) is 20.0 Å². The van der Waals surface area contributed by atoms with E-state index >= 15 is 0 Å². The molecule has 0 aromatic carbocycles. The van der Waals surface area contributed by atoms with Gasteiger partial charge in [0, 0.05) is 32.0 Å². The lowest BCUT2D eigenvalue weighted by Crippen LogP contribution is -2.48. The maximum atomic E-state index is 13.2. The molecule has 30 heavy (non-hydrogen) atoms. The van der Waals surface area contributed by atoms with Gasteiger partial charge in [-0.2, -0.15) is 0 Å². The molecule has 0 radical (unpaired) electrons. The summed E-state index contributed by atoms with van der Waals surface area (Å²) in [5, 5.41) is 8.41. The first-order chi connectivity index (χ1) is 14.5. The van der Waals surface area contributed by atoms with E-state index < -0.39 is 6.04 Å². The smallest absolute Gasteiger partial charge is 0.286 e. The van der Waals surface area contributed by atoms with Crippen molar-refractivity contribution in [2.45, 2.75) is 69.7 Å². The van der Waals surface area contributed by atoms with Crippen LogP contribution in [0.15, 0.2) is 9.64 Å². The first kappa shape index (κ1) is 24.8. The fourth-order valence-electron chi connectivity index (χ4n) is 3.76. The number of hydrogen-bond acceptors (Lipinski definition) is 8. The molecule has 1 aliphatic rings. The van der Waals surface area contributed by atoms with E-state index in [2.05, 4.69) is 28.9 Å². The molecule has 1 fully saturated rings. The minimum Gasteiger partial charge on any atom is -0.408 e. The number of thioether (sulfide) groups is 1. The number of methoxy groups -OCH3 is 1. The van der Waals surface area contributed by atoms with Crippen molar-refractivity contribution in [3.63, 3.8) is 0 Å². The molecular formula is C21H36N4O4S. The Kier molecular flexibility index (Phi) is 10.8. The highest BCUT2D eigenvalue weighted by Crippen LogP contribution is 2.27. The lowest BCUT2D eigenvalue weighted by Gasteiger charge is -2.36. The van der Waals surface area contributed by atoms with Crippen LogP contribution >= 0.6 is 11.8 Å². The fourth-order valence-corrected chi connectivity index (χ4v) is 4.58. The number of hydrogen-bond donors (Lipinski definition) is 0. The molecule has 1 aromatic heterocycles. The van der Waals surface area contributed by atoms with Gasteiger partial charge in [0.05, 0.1) is 6.61 Å². The molecule has 0 saturated heterocycles. The van der Waals surface area contributed by atoms with Gasteiger partial charge in [0.15, 0.2) is 0 Å². The van der Waals surface area contributed by atoms with Gasteiger partial charge < -0.3 is 19.0 Å². The Labute approximate surface area is 184 Å². The Hall–Kier alpha value is -1.45. The van der Waals surface area contributed by atoms with E-state index in [1.54, 1.807) is 12.0 Å². The average molecular weight is 441 g/mol. The molecule has 170 valence electrons. The van der Waals surface area contributed by atoms with E-state index in [1.165, 1.54) is 18.2 Å². The first-order valence-electron chi connectivity index (χ1n) is 10.9. The van der Waals surface area contributed by atoms with Gasteiger partial charge in [0.1, 0.15) is 6.04 Å². The number of amides is 1. The van der Waals surface area contributed by atoms with Crippen LogP contribution in [0.2, 0.25) is 0 Å². The van der Waals surface area contributed by atoms with Gasteiger partial charge in [-0.15, -0.1) is 10.2 Å². The van der Waals surface area contributed by atoms with Gasteiger partial charge >= 0.3 is 0 Å². The maximum absolute atomic E-state index is 13.2. The van der Waals surface area contributed by atoms with Crippen molar-refractivity contribution in [2.24, 2.45) is 5.92 Å². The second-order valence-corrected chi connectivity index (χ2v) is 9.42. The number of rotatable bonds is 14. The van der Waals surface area contributed by atoms with E-state index in [-0.39, 0.29) is 23.6 Å². The number of carbonyl (C=O) groups is 2. The van der Waals surface area contributed by atoms with Crippen molar-refractivity contribution >= 4 is 24.0 Å². The third-order valence-electron chi connectivity index (χ3n) is 5.47. The highest BCUT2D eigenvalue weighted by atomic mass is 32.2. The average Bonchev–Trinajstić information content (AvgIpc) is 3.21. The minimum absolute atomic E-state index is 0.00135. The summed E-state index contributed by atoms with van der Waals surface area (Å²) in [4.78, 5) is 29.0. The zero-order valence-electron chi connectivity index (χ0n) is 18.7. The monoisotopic (exact) mass is 440 g/mol. The van der Waals surface area contributed by atoms with Crippen LogP contribution in [0.1, 0.15) is 63.1 Å². The molecular weight excluding hydrogens is 404 g/mol. The Morgan fingerprint density at radius 3 is 2.63 bits per heavy atom. The zero-order chi connectivity index (χ0) is 21.9. The van der Waals surface area contributed by atoms with Crippen LogP contribution in [-0.2, 0) is 9.53 Å². The van der Waals surface area contributed by atoms with Gasteiger partial charge in [-0.1, -0.05) is 44.9 Å². The molecule has 1 aromatic rings. The minimum atomic E-state index is -0.552. The second-order valence-electron chi connectivity index (χ2n) is 8.37. The van der Waals surface area contributed by atoms with Crippen LogP contribution in [0.3, 0.4) is 0 Å². The SMILES string of the molecule is COCCN(C)CCSc1nnc(C(=O)C(CC(C)C)N(C=O)C2CCCCC2)o1. The molecule has 8 nitrogen and oxygen atoms in total. The molecule has 2 rings (SSSR count). The molecule has 0 aliphatic heterocycles. The largest absolute Gasteiger partial charge is 0.408 e. The van der Waals surface area contributed by atoms with Crippen molar-refractivity contribution in [3.05, 3.63) is 5.89 Å². The van der Waals surface area contributed by atoms with Crippen LogP contribution in [-0.4, -0.2) is 83.9 Å². The zero-order valence-corrected chi connectivity index (χ0v) is 19.5. The summed E-state index contributed by atoms with van der Waals surface area (Å²) in [6.45, 7) is 6.49. The Morgan fingerprint density at radius 1 is 1.27 bits per heavy atom. The van der Waals surface area contributed by atoms with Crippen LogP contribution in [0.25, 0.3) is 0 Å². The van der Waals surface area contributed by atoms with Crippen LogP contribution in [0.5, 0.6) is 0 Å². The molecule has 1 aliphatic carbocycles. The molecule has 0 bridgehead atoms. The topological polar surface area (TPSA) is 88.8 Å². The summed E-state index contributed by atoms with van der Waals surface area (Å²) < 4.78 is 10.7. The van der Waals surface area contributed by atoms with Crippen LogP contribution in [0.4, 0.5) is 0 Å². The Morgan fingerprint density at radius 2 is 2.00 bits per heavy atom. The molecule has 1 heterocycles. The molecule has 0 spiro atoms. The van der Waals surface area contributed by atoms with Gasteiger partial charge in [-0.05, 0) is 32.2 Å². The molecule has 1 unspecified atom stereocenters. The Bertz CT molecular complexity index is 649. The van der Waals surface area contributed by atoms with Crippen LogP contribution < -0.4 is 0 Å². The van der Waals surface area contributed by atoms with E-state index in [0.717, 1.165) is 50.9 Å². The lowest BCUT2D eigenvalue weighted by atomic mass is 9.91. The Balaban J connectivity index is 2.00. The third-order valence-corrected chi connectivity index (χ3v) is 6.27.